The summed E-state index contributed by atoms with van der Waals surface area (Å²) in [6.07, 6.45) is 2.87. The van der Waals surface area contributed by atoms with Gasteiger partial charge >= 0.3 is 0 Å². The lowest BCUT2D eigenvalue weighted by Gasteiger charge is -2.20. The van der Waals surface area contributed by atoms with Crippen molar-refractivity contribution in [3.63, 3.8) is 0 Å². The van der Waals surface area contributed by atoms with Crippen LogP contribution in [0.4, 0.5) is 0 Å². The Morgan fingerprint density at radius 1 is 1.27 bits per heavy atom. The third-order valence-electron chi connectivity index (χ3n) is 5.69. The fraction of sp³-hybridized carbons (Fsp3) is 0.348. The predicted molar refractivity (Wildman–Crippen MR) is 117 cm³/mol. The highest BCUT2D eigenvalue weighted by Crippen LogP contribution is 2.15. The summed E-state index contributed by atoms with van der Waals surface area (Å²) in [6.45, 7) is 2.99. The molecule has 1 aromatic carbocycles. The molecule has 3 aromatic rings. The van der Waals surface area contributed by atoms with Crippen molar-refractivity contribution in [2.75, 3.05) is 27.2 Å². The van der Waals surface area contributed by atoms with Crippen LogP contribution in [-0.4, -0.2) is 58.9 Å². The topological polar surface area (TPSA) is 81.3 Å². The molecule has 30 heavy (non-hydrogen) atoms. The summed E-state index contributed by atoms with van der Waals surface area (Å²) in [4.78, 5) is 36.8. The van der Waals surface area contributed by atoms with Gasteiger partial charge in [-0.05, 0) is 50.3 Å². The molecule has 1 atom stereocenters. The summed E-state index contributed by atoms with van der Waals surface area (Å²) in [7, 11) is 4.19. The van der Waals surface area contributed by atoms with Gasteiger partial charge in [-0.15, -0.1) is 0 Å². The average molecular weight is 406 g/mol. The molecule has 3 heterocycles. The van der Waals surface area contributed by atoms with Crippen LogP contribution in [0.2, 0.25) is 0 Å². The van der Waals surface area contributed by atoms with Crippen LogP contribution in [0.3, 0.4) is 0 Å². The number of amides is 1. The monoisotopic (exact) mass is 405 g/mol. The first kappa shape index (κ1) is 20.3. The normalized spacial score (nSPS) is 17.0. The Labute approximate surface area is 175 Å². The van der Waals surface area contributed by atoms with Gasteiger partial charge in [0.25, 0.3) is 11.5 Å². The number of likely N-dealkylation sites (N-methyl/N-ethyl adjacent to an activating group) is 1. The molecule has 1 aliphatic heterocycles. The second-order valence-corrected chi connectivity index (χ2v) is 8.09. The molecule has 0 aliphatic carbocycles. The van der Waals surface area contributed by atoms with Gasteiger partial charge in [-0.25, -0.2) is 0 Å². The number of aromatic amines is 1. The summed E-state index contributed by atoms with van der Waals surface area (Å²) in [5.41, 5.74) is 2.40. The van der Waals surface area contributed by atoms with Crippen molar-refractivity contribution in [3.05, 3.63) is 75.8 Å². The number of carbonyl (C=O) groups excluding carboxylic acids is 1. The van der Waals surface area contributed by atoms with Crippen molar-refractivity contribution in [3.8, 4) is 0 Å². The number of fused-ring (bicyclic) bond motifs is 1. The average Bonchev–Trinajstić information content (AvgIpc) is 3.21. The van der Waals surface area contributed by atoms with Crippen molar-refractivity contribution < 1.29 is 4.79 Å². The van der Waals surface area contributed by atoms with E-state index in [1.165, 1.54) is 0 Å². The number of hydrogen-bond donors (Lipinski definition) is 2. The number of benzene rings is 1. The maximum atomic E-state index is 12.5. The summed E-state index contributed by atoms with van der Waals surface area (Å²) in [6, 6.07) is 13.8. The highest BCUT2D eigenvalue weighted by molar-refractivity contribution is 5.93. The third-order valence-corrected chi connectivity index (χ3v) is 5.69. The van der Waals surface area contributed by atoms with Crippen LogP contribution >= 0.6 is 0 Å². The number of hydrogen-bond acceptors (Lipinski definition) is 5. The first-order chi connectivity index (χ1) is 14.5. The van der Waals surface area contributed by atoms with Crippen LogP contribution in [0.1, 0.15) is 28.0 Å². The Kier molecular flexibility index (Phi) is 5.92. The van der Waals surface area contributed by atoms with Gasteiger partial charge in [-0.2, -0.15) is 0 Å². The Morgan fingerprint density at radius 3 is 2.87 bits per heavy atom. The minimum atomic E-state index is -0.384. The highest BCUT2D eigenvalue weighted by Gasteiger charge is 2.24. The van der Waals surface area contributed by atoms with Gasteiger partial charge in [0.2, 0.25) is 0 Å². The zero-order valence-electron chi connectivity index (χ0n) is 17.4. The molecule has 7 nitrogen and oxygen atoms in total. The molecule has 0 radical (unpaired) electrons. The van der Waals surface area contributed by atoms with Crippen molar-refractivity contribution in [2.45, 2.75) is 25.6 Å². The first-order valence-corrected chi connectivity index (χ1v) is 10.2. The van der Waals surface area contributed by atoms with Crippen molar-refractivity contribution >= 4 is 16.8 Å². The second-order valence-electron chi connectivity index (χ2n) is 8.09. The molecule has 156 valence electrons. The summed E-state index contributed by atoms with van der Waals surface area (Å²) in [5.74, 6) is -0.384. The van der Waals surface area contributed by atoms with E-state index in [0.717, 1.165) is 41.7 Å². The maximum Gasteiger partial charge on any atom is 0.261 e. The lowest BCUT2D eigenvalue weighted by atomic mass is 10.1. The standard InChI is InChI=1S/C23H27N5O2/c1-27(2)19-9-10-28(15-19)14-18-7-8-20(23(30)26-18)22(29)25-13-16-11-17-5-3-4-6-21(17)24-12-16/h3-8,11-12,19H,9-10,13-15H2,1-2H3,(H,25,29)(H,26,30)/t19-/m0/s1. The van der Waals surface area contributed by atoms with E-state index in [-0.39, 0.29) is 17.0 Å². The second kappa shape index (κ2) is 8.77. The van der Waals surface area contributed by atoms with Crippen molar-refractivity contribution in [1.82, 2.24) is 25.1 Å². The number of rotatable bonds is 6. The molecule has 1 aliphatic rings. The summed E-state index contributed by atoms with van der Waals surface area (Å²) < 4.78 is 0. The Balaban J connectivity index is 1.37. The molecular weight excluding hydrogens is 378 g/mol. The molecule has 0 spiro atoms. The van der Waals surface area contributed by atoms with Crippen LogP contribution in [0.15, 0.2) is 53.5 Å². The molecule has 0 unspecified atom stereocenters. The lowest BCUT2D eigenvalue weighted by Crippen LogP contribution is -2.32. The Morgan fingerprint density at radius 2 is 2.10 bits per heavy atom. The van der Waals surface area contributed by atoms with Crippen LogP contribution in [0.25, 0.3) is 10.9 Å². The molecule has 2 N–H and O–H groups in total. The number of nitrogens with zero attached hydrogens (tertiary/aromatic N) is 3. The number of carbonyl (C=O) groups is 1. The summed E-state index contributed by atoms with van der Waals surface area (Å²) >= 11 is 0. The van der Waals surface area contributed by atoms with E-state index in [2.05, 4.69) is 39.2 Å². The maximum absolute atomic E-state index is 12.5. The molecule has 7 heteroatoms. The Bertz CT molecular complexity index is 1110. The van der Waals surface area contributed by atoms with E-state index >= 15 is 0 Å². The van der Waals surface area contributed by atoms with E-state index in [0.29, 0.717) is 19.1 Å². The largest absolute Gasteiger partial charge is 0.348 e. The number of nitrogens with one attached hydrogen (secondary N) is 2. The van der Waals surface area contributed by atoms with Crippen LogP contribution in [0, 0.1) is 0 Å². The number of para-hydroxylation sites is 1. The van der Waals surface area contributed by atoms with E-state index in [9.17, 15) is 9.59 Å². The van der Waals surface area contributed by atoms with Crippen LogP contribution in [0.5, 0.6) is 0 Å². The number of pyridine rings is 2. The lowest BCUT2D eigenvalue weighted by molar-refractivity contribution is 0.0949. The van der Waals surface area contributed by atoms with E-state index in [1.54, 1.807) is 12.3 Å². The molecular formula is C23H27N5O2. The van der Waals surface area contributed by atoms with Crippen LogP contribution < -0.4 is 10.9 Å². The van der Waals surface area contributed by atoms with Crippen molar-refractivity contribution in [1.29, 1.82) is 0 Å². The minimum Gasteiger partial charge on any atom is -0.348 e. The molecule has 1 amide bonds. The summed E-state index contributed by atoms with van der Waals surface area (Å²) in [5, 5.41) is 3.84. The number of likely N-dealkylation sites (tertiary alicyclic amines) is 1. The van der Waals surface area contributed by atoms with Gasteiger partial charge in [-0.1, -0.05) is 18.2 Å². The minimum absolute atomic E-state index is 0.125. The predicted octanol–water partition coefficient (Wildman–Crippen LogP) is 1.99. The molecule has 2 aromatic heterocycles. The molecule has 1 fully saturated rings. The molecule has 4 rings (SSSR count). The number of aromatic nitrogens is 2. The van der Waals surface area contributed by atoms with Gasteiger partial charge in [0.05, 0.1) is 5.52 Å². The quantitative estimate of drug-likeness (QED) is 0.656. The van der Waals surface area contributed by atoms with E-state index < -0.39 is 0 Å². The Hall–Kier alpha value is -3.03. The molecule has 0 saturated carbocycles. The fourth-order valence-electron chi connectivity index (χ4n) is 3.89. The van der Waals surface area contributed by atoms with Gasteiger partial charge in [0, 0.05) is 49.5 Å². The van der Waals surface area contributed by atoms with Crippen molar-refractivity contribution in [2.24, 2.45) is 0 Å². The fourth-order valence-corrected chi connectivity index (χ4v) is 3.89. The first-order valence-electron chi connectivity index (χ1n) is 10.2. The zero-order chi connectivity index (χ0) is 21.1. The van der Waals surface area contributed by atoms with E-state index in [1.807, 2.05) is 36.4 Å². The van der Waals surface area contributed by atoms with Gasteiger partial charge in [0.1, 0.15) is 5.56 Å². The SMILES string of the molecule is CN(C)[C@H]1CCN(Cc2ccc(C(=O)NCc3cnc4ccccc4c3)c(=O)[nH]2)C1. The third kappa shape index (κ3) is 4.58. The molecule has 1 saturated heterocycles. The van der Waals surface area contributed by atoms with Gasteiger partial charge < -0.3 is 15.2 Å². The molecule has 0 bridgehead atoms. The smallest absolute Gasteiger partial charge is 0.261 e. The van der Waals surface area contributed by atoms with E-state index in [4.69, 9.17) is 0 Å². The van der Waals surface area contributed by atoms with Gasteiger partial charge in [-0.3, -0.25) is 19.5 Å². The van der Waals surface area contributed by atoms with Crippen LogP contribution in [-0.2, 0) is 13.1 Å². The van der Waals surface area contributed by atoms with Gasteiger partial charge in [0.15, 0.2) is 0 Å². The number of H-pyrrole nitrogens is 1. The zero-order valence-corrected chi connectivity index (χ0v) is 17.4. The highest BCUT2D eigenvalue weighted by atomic mass is 16.2.